The maximum atomic E-state index is 10.6. The molecule has 0 saturated carbocycles. The number of carbonyl (C=O) groups is 1. The van der Waals surface area contributed by atoms with E-state index in [1.54, 1.807) is 18.5 Å². The van der Waals surface area contributed by atoms with Crippen LogP contribution in [0, 0.1) is 0 Å². The van der Waals surface area contributed by atoms with Crippen molar-refractivity contribution in [3.05, 3.63) is 24.3 Å². The summed E-state index contributed by atoms with van der Waals surface area (Å²) in [6.45, 7) is 0. The molecule has 0 fully saturated rings. The molecule has 0 bridgehead atoms. The third-order valence-electron chi connectivity index (χ3n) is 1.34. The van der Waals surface area contributed by atoms with Gasteiger partial charge in [-0.1, -0.05) is 0 Å². The lowest BCUT2D eigenvalue weighted by molar-refractivity contribution is 0.0990. The molecule has 0 aliphatic heterocycles. The Bertz CT molecular complexity index is 401. The highest BCUT2D eigenvalue weighted by Gasteiger charge is 2.07. The summed E-state index contributed by atoms with van der Waals surface area (Å²) < 4.78 is 1.39. The van der Waals surface area contributed by atoms with Crippen molar-refractivity contribution >= 4 is 11.7 Å². The van der Waals surface area contributed by atoms with Crippen molar-refractivity contribution in [3.8, 4) is 0 Å². The number of fused-ring (bicyclic) bond motifs is 1. The SMILES string of the molecule is NC(=O)c1nc2ncccn2n1. The van der Waals surface area contributed by atoms with Crippen molar-refractivity contribution in [1.82, 2.24) is 19.6 Å². The number of aromatic nitrogens is 4. The van der Waals surface area contributed by atoms with Gasteiger partial charge in [-0.3, -0.25) is 4.79 Å². The smallest absolute Gasteiger partial charge is 0.288 e. The summed E-state index contributed by atoms with van der Waals surface area (Å²) in [7, 11) is 0. The molecule has 0 spiro atoms. The third-order valence-corrected chi connectivity index (χ3v) is 1.34. The summed E-state index contributed by atoms with van der Waals surface area (Å²) in [6, 6.07) is 1.69. The largest absolute Gasteiger partial charge is 0.363 e. The molecular formula is C6H5N5O. The Balaban J connectivity index is 2.70. The lowest BCUT2D eigenvalue weighted by atomic mass is 10.6. The van der Waals surface area contributed by atoms with Crippen LogP contribution in [0.4, 0.5) is 0 Å². The average Bonchev–Trinajstić information content (AvgIpc) is 2.46. The van der Waals surface area contributed by atoms with E-state index in [-0.39, 0.29) is 5.82 Å². The van der Waals surface area contributed by atoms with E-state index in [1.807, 2.05) is 0 Å². The number of primary amides is 1. The highest BCUT2D eigenvalue weighted by molar-refractivity contribution is 5.89. The van der Waals surface area contributed by atoms with Crippen LogP contribution in [-0.4, -0.2) is 25.5 Å². The van der Waals surface area contributed by atoms with E-state index in [9.17, 15) is 4.79 Å². The van der Waals surface area contributed by atoms with Crippen molar-refractivity contribution in [2.75, 3.05) is 0 Å². The average molecular weight is 163 g/mol. The van der Waals surface area contributed by atoms with Gasteiger partial charge in [-0.2, -0.15) is 4.98 Å². The highest BCUT2D eigenvalue weighted by Crippen LogP contribution is 1.94. The summed E-state index contributed by atoms with van der Waals surface area (Å²) in [5, 5.41) is 3.78. The topological polar surface area (TPSA) is 86.2 Å². The number of nitrogens with zero attached hydrogens (tertiary/aromatic N) is 4. The fraction of sp³-hybridized carbons (Fsp3) is 0. The molecule has 2 heterocycles. The Kier molecular flexibility index (Phi) is 1.26. The Labute approximate surface area is 67.0 Å². The van der Waals surface area contributed by atoms with Gasteiger partial charge in [0.15, 0.2) is 0 Å². The molecule has 0 aromatic carbocycles. The summed E-state index contributed by atoms with van der Waals surface area (Å²) in [4.78, 5) is 18.3. The van der Waals surface area contributed by atoms with E-state index in [0.29, 0.717) is 5.78 Å². The molecule has 2 aromatic rings. The molecule has 6 heteroatoms. The minimum absolute atomic E-state index is 0.0197. The second-order valence-corrected chi connectivity index (χ2v) is 2.16. The fourth-order valence-electron chi connectivity index (χ4n) is 0.837. The van der Waals surface area contributed by atoms with Crippen molar-refractivity contribution < 1.29 is 4.79 Å². The molecule has 0 saturated heterocycles. The molecule has 12 heavy (non-hydrogen) atoms. The number of carbonyl (C=O) groups excluding carboxylic acids is 1. The van der Waals surface area contributed by atoms with Crippen molar-refractivity contribution in [2.45, 2.75) is 0 Å². The maximum absolute atomic E-state index is 10.6. The number of amides is 1. The molecule has 0 aliphatic carbocycles. The van der Waals surface area contributed by atoms with Crippen LogP contribution >= 0.6 is 0 Å². The predicted octanol–water partition coefficient (Wildman–Crippen LogP) is -0.777. The Morgan fingerprint density at radius 3 is 3.08 bits per heavy atom. The van der Waals surface area contributed by atoms with Crippen molar-refractivity contribution in [2.24, 2.45) is 5.73 Å². The normalized spacial score (nSPS) is 10.3. The van der Waals surface area contributed by atoms with Gasteiger partial charge in [-0.25, -0.2) is 9.50 Å². The summed E-state index contributed by atoms with van der Waals surface area (Å²) in [5.74, 6) is -0.305. The van der Waals surface area contributed by atoms with Crippen LogP contribution in [0.25, 0.3) is 5.78 Å². The summed E-state index contributed by atoms with van der Waals surface area (Å²) in [5.41, 5.74) is 4.97. The van der Waals surface area contributed by atoms with E-state index < -0.39 is 5.91 Å². The van der Waals surface area contributed by atoms with Crippen molar-refractivity contribution in [3.63, 3.8) is 0 Å². The van der Waals surface area contributed by atoms with Crippen LogP contribution in [0.5, 0.6) is 0 Å². The van der Waals surface area contributed by atoms with Gasteiger partial charge in [-0.15, -0.1) is 5.10 Å². The molecule has 0 aliphatic rings. The van der Waals surface area contributed by atoms with Crippen LogP contribution in [0.2, 0.25) is 0 Å². The molecule has 1 amide bonds. The molecule has 2 aromatic heterocycles. The number of hydrogen-bond donors (Lipinski definition) is 1. The van der Waals surface area contributed by atoms with Gasteiger partial charge in [0, 0.05) is 12.4 Å². The molecule has 2 N–H and O–H groups in total. The maximum Gasteiger partial charge on any atom is 0.288 e. The van der Waals surface area contributed by atoms with Crippen LogP contribution in [0.1, 0.15) is 10.6 Å². The molecule has 0 unspecified atom stereocenters. The summed E-state index contributed by atoms with van der Waals surface area (Å²) >= 11 is 0. The molecule has 0 atom stereocenters. The highest BCUT2D eigenvalue weighted by atomic mass is 16.1. The third kappa shape index (κ3) is 0.895. The van der Waals surface area contributed by atoms with E-state index in [1.165, 1.54) is 4.52 Å². The number of nitrogens with two attached hydrogens (primary N) is 1. The monoisotopic (exact) mass is 163 g/mol. The molecule has 0 radical (unpaired) electrons. The van der Waals surface area contributed by atoms with Gasteiger partial charge in [0.25, 0.3) is 11.7 Å². The zero-order valence-corrected chi connectivity index (χ0v) is 6.01. The zero-order valence-electron chi connectivity index (χ0n) is 6.01. The van der Waals surface area contributed by atoms with E-state index >= 15 is 0 Å². The molecule has 60 valence electrons. The van der Waals surface area contributed by atoms with Crippen LogP contribution in [0.3, 0.4) is 0 Å². The minimum atomic E-state index is -0.652. The van der Waals surface area contributed by atoms with Gasteiger partial charge >= 0.3 is 0 Å². The molecular weight excluding hydrogens is 158 g/mol. The lowest BCUT2D eigenvalue weighted by Gasteiger charge is -1.83. The lowest BCUT2D eigenvalue weighted by Crippen LogP contribution is -2.12. The van der Waals surface area contributed by atoms with Gasteiger partial charge < -0.3 is 5.73 Å². The fourth-order valence-corrected chi connectivity index (χ4v) is 0.837. The Morgan fingerprint density at radius 2 is 2.42 bits per heavy atom. The molecule has 2 rings (SSSR count). The van der Waals surface area contributed by atoms with Gasteiger partial charge in [0.1, 0.15) is 0 Å². The second-order valence-electron chi connectivity index (χ2n) is 2.16. The van der Waals surface area contributed by atoms with Gasteiger partial charge in [-0.05, 0) is 6.07 Å². The molecule has 6 nitrogen and oxygen atoms in total. The van der Waals surface area contributed by atoms with Crippen molar-refractivity contribution in [1.29, 1.82) is 0 Å². The minimum Gasteiger partial charge on any atom is -0.363 e. The van der Waals surface area contributed by atoms with E-state index in [0.717, 1.165) is 0 Å². The van der Waals surface area contributed by atoms with Gasteiger partial charge in [0.2, 0.25) is 5.82 Å². The Hall–Kier alpha value is -1.98. The van der Waals surface area contributed by atoms with E-state index in [4.69, 9.17) is 5.73 Å². The first-order valence-corrected chi connectivity index (χ1v) is 3.24. The predicted molar refractivity (Wildman–Crippen MR) is 39.3 cm³/mol. The number of rotatable bonds is 1. The standard InChI is InChI=1S/C6H5N5O/c7-4(12)5-9-6-8-2-1-3-11(6)10-5/h1-3H,(H2,7,12). The first-order chi connectivity index (χ1) is 5.77. The Morgan fingerprint density at radius 1 is 1.58 bits per heavy atom. The number of hydrogen-bond acceptors (Lipinski definition) is 4. The van der Waals surface area contributed by atoms with Crippen LogP contribution in [0.15, 0.2) is 18.5 Å². The zero-order chi connectivity index (χ0) is 8.55. The van der Waals surface area contributed by atoms with Crippen LogP contribution < -0.4 is 5.73 Å². The van der Waals surface area contributed by atoms with E-state index in [2.05, 4.69) is 15.1 Å². The second kappa shape index (κ2) is 2.26. The summed E-state index contributed by atoms with van der Waals surface area (Å²) in [6.07, 6.45) is 3.20. The quantitative estimate of drug-likeness (QED) is 0.597. The first-order valence-electron chi connectivity index (χ1n) is 3.24. The van der Waals surface area contributed by atoms with Crippen LogP contribution in [-0.2, 0) is 0 Å². The van der Waals surface area contributed by atoms with Gasteiger partial charge in [0.05, 0.1) is 0 Å². The first kappa shape index (κ1) is 6.71.